The summed E-state index contributed by atoms with van der Waals surface area (Å²) in [6.07, 6.45) is 0.558. The molecule has 0 unspecified atom stereocenters. The molecule has 0 aliphatic carbocycles. The predicted molar refractivity (Wildman–Crippen MR) is 61.3 cm³/mol. The van der Waals surface area contributed by atoms with Crippen molar-refractivity contribution in [3.05, 3.63) is 17.5 Å². The van der Waals surface area contributed by atoms with E-state index in [2.05, 4.69) is 15.5 Å². The first-order valence-electron chi connectivity index (χ1n) is 5.40. The lowest BCUT2D eigenvalue weighted by atomic mass is 9.92. The van der Waals surface area contributed by atoms with Crippen LogP contribution in [0, 0.1) is 0 Å². The number of aromatic nitrogens is 2. The van der Waals surface area contributed by atoms with Crippen molar-refractivity contribution in [1.29, 1.82) is 0 Å². The molecule has 0 aromatic carbocycles. The van der Waals surface area contributed by atoms with Gasteiger partial charge < -0.3 is 10.4 Å². The maximum absolute atomic E-state index is 11.6. The number of amides is 1. The predicted octanol–water partition coefficient (Wildman–Crippen LogP) is 0.819. The van der Waals surface area contributed by atoms with Crippen molar-refractivity contribution in [2.24, 2.45) is 0 Å². The Balaban J connectivity index is 2.60. The number of nitrogens with one attached hydrogen (secondary N) is 2. The normalized spacial score (nSPS) is 11.5. The van der Waals surface area contributed by atoms with Gasteiger partial charge in [0.05, 0.1) is 0 Å². The van der Waals surface area contributed by atoms with Gasteiger partial charge in [0.15, 0.2) is 0 Å². The van der Waals surface area contributed by atoms with Crippen LogP contribution in [0.5, 0.6) is 0 Å². The maximum atomic E-state index is 11.6. The van der Waals surface area contributed by atoms with Crippen LogP contribution in [0.3, 0.4) is 0 Å². The second kappa shape index (κ2) is 5.12. The molecule has 3 N–H and O–H groups in total. The molecule has 1 amide bonds. The highest BCUT2D eigenvalue weighted by molar-refractivity contribution is 5.92. The van der Waals surface area contributed by atoms with Gasteiger partial charge in [-0.25, -0.2) is 0 Å². The molecule has 0 aliphatic rings. The summed E-state index contributed by atoms with van der Waals surface area (Å²) < 4.78 is 0. The van der Waals surface area contributed by atoms with Crippen LogP contribution in [-0.4, -0.2) is 34.4 Å². The summed E-state index contributed by atoms with van der Waals surface area (Å²) >= 11 is 0. The fraction of sp³-hybridized carbons (Fsp3) is 0.636. The van der Waals surface area contributed by atoms with E-state index in [4.69, 9.17) is 5.11 Å². The Kier molecular flexibility index (Phi) is 4.06. The van der Waals surface area contributed by atoms with Crippen LogP contribution >= 0.6 is 0 Å². The van der Waals surface area contributed by atoms with Crippen LogP contribution in [0.2, 0.25) is 0 Å². The lowest BCUT2D eigenvalue weighted by Crippen LogP contribution is -2.25. The lowest BCUT2D eigenvalue weighted by molar-refractivity contribution is 0.0946. The summed E-state index contributed by atoms with van der Waals surface area (Å²) in [5.41, 5.74) is 1.28. The minimum Gasteiger partial charge on any atom is -0.396 e. The highest BCUT2D eigenvalue weighted by atomic mass is 16.3. The molecule has 0 spiro atoms. The Morgan fingerprint density at radius 3 is 2.75 bits per heavy atom. The smallest absolute Gasteiger partial charge is 0.271 e. The van der Waals surface area contributed by atoms with E-state index < -0.39 is 0 Å². The number of nitrogens with zero attached hydrogens (tertiary/aromatic N) is 1. The molecular weight excluding hydrogens is 206 g/mol. The van der Waals surface area contributed by atoms with Crippen LogP contribution in [0.15, 0.2) is 6.07 Å². The van der Waals surface area contributed by atoms with Crippen LogP contribution in [-0.2, 0) is 5.41 Å². The Hall–Kier alpha value is -1.36. The average molecular weight is 225 g/mol. The summed E-state index contributed by atoms with van der Waals surface area (Å²) in [6, 6.07) is 1.76. The molecule has 0 saturated heterocycles. The Morgan fingerprint density at radius 1 is 1.56 bits per heavy atom. The standard InChI is InChI=1S/C11H19N3O2/c1-11(2,3)9-7-8(13-14-9)10(16)12-5-4-6-15/h7,15H,4-6H2,1-3H3,(H,12,16)(H,13,14). The van der Waals surface area contributed by atoms with Gasteiger partial charge >= 0.3 is 0 Å². The minimum absolute atomic E-state index is 0.0450. The van der Waals surface area contributed by atoms with Crippen molar-refractivity contribution in [2.75, 3.05) is 13.2 Å². The zero-order valence-corrected chi connectivity index (χ0v) is 10.0. The summed E-state index contributed by atoms with van der Waals surface area (Å²) in [7, 11) is 0. The van der Waals surface area contributed by atoms with Gasteiger partial charge in [-0.2, -0.15) is 5.10 Å². The van der Waals surface area contributed by atoms with Crippen LogP contribution in [0.25, 0.3) is 0 Å². The first-order chi connectivity index (χ1) is 7.45. The summed E-state index contributed by atoms with van der Waals surface area (Å²) in [5.74, 6) is -0.208. The third-order valence-corrected chi connectivity index (χ3v) is 2.24. The zero-order valence-electron chi connectivity index (χ0n) is 10.0. The Bertz CT molecular complexity index is 352. The molecule has 1 rings (SSSR count). The zero-order chi connectivity index (χ0) is 12.2. The highest BCUT2D eigenvalue weighted by Crippen LogP contribution is 2.20. The molecule has 90 valence electrons. The fourth-order valence-electron chi connectivity index (χ4n) is 1.19. The second-order valence-electron chi connectivity index (χ2n) is 4.75. The van der Waals surface area contributed by atoms with E-state index in [1.165, 1.54) is 0 Å². The van der Waals surface area contributed by atoms with Crippen molar-refractivity contribution in [2.45, 2.75) is 32.6 Å². The molecule has 5 heteroatoms. The van der Waals surface area contributed by atoms with E-state index in [1.807, 2.05) is 20.8 Å². The number of aliphatic hydroxyl groups is 1. The number of carbonyl (C=O) groups excluding carboxylic acids is 1. The number of H-pyrrole nitrogens is 1. The van der Waals surface area contributed by atoms with E-state index in [0.29, 0.717) is 18.7 Å². The number of hydrogen-bond acceptors (Lipinski definition) is 3. The third kappa shape index (κ3) is 3.34. The van der Waals surface area contributed by atoms with Gasteiger partial charge in [0.2, 0.25) is 0 Å². The molecule has 0 saturated carbocycles. The van der Waals surface area contributed by atoms with Gasteiger partial charge in [-0.3, -0.25) is 9.89 Å². The molecule has 0 aliphatic heterocycles. The number of aliphatic hydroxyl groups excluding tert-OH is 1. The average Bonchev–Trinajstić information content (AvgIpc) is 2.66. The van der Waals surface area contributed by atoms with Crippen molar-refractivity contribution in [3.8, 4) is 0 Å². The quantitative estimate of drug-likeness (QED) is 0.664. The Labute approximate surface area is 95.3 Å². The van der Waals surface area contributed by atoms with E-state index in [9.17, 15) is 4.79 Å². The van der Waals surface area contributed by atoms with Crippen molar-refractivity contribution in [1.82, 2.24) is 15.5 Å². The van der Waals surface area contributed by atoms with Gasteiger partial charge in [-0.1, -0.05) is 20.8 Å². The van der Waals surface area contributed by atoms with Crippen LogP contribution < -0.4 is 5.32 Å². The summed E-state index contributed by atoms with van der Waals surface area (Å²) in [4.78, 5) is 11.6. The Morgan fingerprint density at radius 2 is 2.25 bits per heavy atom. The van der Waals surface area contributed by atoms with Crippen molar-refractivity contribution >= 4 is 5.91 Å². The fourth-order valence-corrected chi connectivity index (χ4v) is 1.19. The van der Waals surface area contributed by atoms with Crippen molar-refractivity contribution < 1.29 is 9.90 Å². The van der Waals surface area contributed by atoms with Gasteiger partial charge in [-0.05, 0) is 12.5 Å². The monoisotopic (exact) mass is 225 g/mol. The van der Waals surface area contributed by atoms with E-state index >= 15 is 0 Å². The molecule has 0 atom stereocenters. The van der Waals surface area contributed by atoms with Gasteiger partial charge in [0, 0.05) is 24.3 Å². The molecule has 1 aromatic heterocycles. The molecular formula is C11H19N3O2. The van der Waals surface area contributed by atoms with Gasteiger partial charge in [-0.15, -0.1) is 0 Å². The first kappa shape index (κ1) is 12.7. The topological polar surface area (TPSA) is 78.0 Å². The number of carbonyl (C=O) groups is 1. The number of rotatable bonds is 4. The highest BCUT2D eigenvalue weighted by Gasteiger charge is 2.18. The largest absolute Gasteiger partial charge is 0.396 e. The summed E-state index contributed by atoms with van der Waals surface area (Å²) in [5, 5.41) is 18.1. The summed E-state index contributed by atoms with van der Waals surface area (Å²) in [6.45, 7) is 6.69. The lowest BCUT2D eigenvalue weighted by Gasteiger charge is -2.14. The first-order valence-corrected chi connectivity index (χ1v) is 5.40. The SMILES string of the molecule is CC(C)(C)c1cc(C(=O)NCCCO)n[nH]1. The van der Waals surface area contributed by atoms with Gasteiger partial charge in [0.1, 0.15) is 5.69 Å². The van der Waals surface area contributed by atoms with Crippen LogP contribution in [0.1, 0.15) is 43.4 Å². The van der Waals surface area contributed by atoms with Crippen LogP contribution in [0.4, 0.5) is 0 Å². The molecule has 5 nitrogen and oxygen atoms in total. The molecule has 0 radical (unpaired) electrons. The van der Waals surface area contributed by atoms with Gasteiger partial charge in [0.25, 0.3) is 5.91 Å². The molecule has 16 heavy (non-hydrogen) atoms. The number of hydrogen-bond donors (Lipinski definition) is 3. The molecule has 1 heterocycles. The minimum atomic E-state index is -0.208. The van der Waals surface area contributed by atoms with E-state index in [1.54, 1.807) is 6.07 Å². The molecule has 0 fully saturated rings. The number of aromatic amines is 1. The van der Waals surface area contributed by atoms with E-state index in [-0.39, 0.29) is 17.9 Å². The van der Waals surface area contributed by atoms with E-state index in [0.717, 1.165) is 5.69 Å². The second-order valence-corrected chi connectivity index (χ2v) is 4.75. The third-order valence-electron chi connectivity index (χ3n) is 2.24. The molecule has 0 bridgehead atoms. The van der Waals surface area contributed by atoms with Crippen molar-refractivity contribution in [3.63, 3.8) is 0 Å². The molecule has 1 aromatic rings. The maximum Gasteiger partial charge on any atom is 0.271 e.